The summed E-state index contributed by atoms with van der Waals surface area (Å²) in [5.41, 5.74) is 0. The third-order valence-corrected chi connectivity index (χ3v) is 5.85. The van der Waals surface area contributed by atoms with E-state index in [1.807, 2.05) is 6.92 Å². The number of hydrogen-bond donors (Lipinski definition) is 2. The van der Waals surface area contributed by atoms with Crippen LogP contribution in [0.4, 0.5) is 6.01 Å². The van der Waals surface area contributed by atoms with Gasteiger partial charge in [-0.15, -0.1) is 16.4 Å². The van der Waals surface area contributed by atoms with Crippen LogP contribution in [-0.4, -0.2) is 25.2 Å². The molecular weight excluding hydrogens is 312 g/mol. The van der Waals surface area contributed by atoms with E-state index in [4.69, 9.17) is 4.42 Å². The highest BCUT2D eigenvalue weighted by Gasteiger charge is 2.25. The highest BCUT2D eigenvalue weighted by molar-refractivity contribution is 7.92. The van der Waals surface area contributed by atoms with E-state index < -0.39 is 10.0 Å². The Hall–Kier alpha value is -1.45. The minimum atomic E-state index is -3.69. The third-order valence-electron chi connectivity index (χ3n) is 3.31. The largest absolute Gasteiger partial charge is 0.406 e. The molecule has 114 valence electrons. The first kappa shape index (κ1) is 14.5. The summed E-state index contributed by atoms with van der Waals surface area (Å²) in [5, 5.41) is 10.9. The Morgan fingerprint density at radius 1 is 1.43 bits per heavy atom. The summed E-state index contributed by atoms with van der Waals surface area (Å²) in [6.45, 7) is 4.54. The number of nitrogens with one attached hydrogen (secondary N) is 2. The lowest BCUT2D eigenvalue weighted by atomic mass is 10.2. The van der Waals surface area contributed by atoms with Gasteiger partial charge in [-0.3, -0.25) is 0 Å². The second kappa shape index (κ2) is 5.39. The van der Waals surface area contributed by atoms with Crippen LogP contribution in [0.3, 0.4) is 0 Å². The van der Waals surface area contributed by atoms with E-state index in [0.717, 1.165) is 29.1 Å². The highest BCUT2D eigenvalue weighted by atomic mass is 32.2. The summed E-state index contributed by atoms with van der Waals surface area (Å²) in [6.07, 6.45) is 1.96. The van der Waals surface area contributed by atoms with Crippen LogP contribution in [-0.2, 0) is 10.0 Å². The summed E-state index contributed by atoms with van der Waals surface area (Å²) in [7, 11) is -3.69. The molecule has 2 aromatic rings. The van der Waals surface area contributed by atoms with E-state index in [-0.39, 0.29) is 17.0 Å². The summed E-state index contributed by atoms with van der Waals surface area (Å²) in [5.74, 6) is 0.420. The highest BCUT2D eigenvalue weighted by Crippen LogP contribution is 2.27. The minimum absolute atomic E-state index is 0.0147. The topological polar surface area (TPSA) is 97.1 Å². The molecule has 9 heteroatoms. The summed E-state index contributed by atoms with van der Waals surface area (Å²) in [4.78, 5) is 1.93. The molecular formula is C12H16N4O3S2. The Balaban J connectivity index is 1.81. The van der Waals surface area contributed by atoms with Crippen molar-refractivity contribution in [2.75, 3.05) is 11.3 Å². The zero-order valence-electron chi connectivity index (χ0n) is 11.7. The zero-order valence-corrected chi connectivity index (χ0v) is 13.3. The van der Waals surface area contributed by atoms with Gasteiger partial charge in [-0.25, -0.2) is 13.1 Å². The predicted molar refractivity (Wildman–Crippen MR) is 78.9 cm³/mol. The molecule has 1 saturated heterocycles. The maximum Gasteiger partial charge on any atom is 0.329 e. The van der Waals surface area contributed by atoms with Crippen LogP contribution in [0.5, 0.6) is 0 Å². The SMILES string of the molecule is Cc1cc(S(=O)(=O)Nc2nnc(C3CCCN3)o2)c(C)s1. The molecule has 3 heterocycles. The van der Waals surface area contributed by atoms with Gasteiger partial charge in [0.15, 0.2) is 0 Å². The summed E-state index contributed by atoms with van der Waals surface area (Å²) >= 11 is 1.44. The molecule has 2 N–H and O–H groups in total. The summed E-state index contributed by atoms with van der Waals surface area (Å²) < 4.78 is 32.4. The van der Waals surface area contributed by atoms with Crippen molar-refractivity contribution in [1.29, 1.82) is 0 Å². The van der Waals surface area contributed by atoms with E-state index in [1.54, 1.807) is 13.0 Å². The van der Waals surface area contributed by atoms with E-state index in [2.05, 4.69) is 20.2 Å². The molecule has 0 spiro atoms. The van der Waals surface area contributed by atoms with Gasteiger partial charge in [-0.2, -0.15) is 0 Å². The third kappa shape index (κ3) is 2.94. The van der Waals surface area contributed by atoms with Crippen molar-refractivity contribution in [2.24, 2.45) is 0 Å². The molecule has 1 aliphatic heterocycles. The number of thiophene rings is 1. The lowest BCUT2D eigenvalue weighted by molar-refractivity contribution is 0.439. The molecule has 21 heavy (non-hydrogen) atoms. The molecule has 7 nitrogen and oxygen atoms in total. The number of nitrogens with zero attached hydrogens (tertiary/aromatic N) is 2. The fourth-order valence-electron chi connectivity index (χ4n) is 2.36. The standard InChI is InChI=1S/C12H16N4O3S2/c1-7-6-10(8(2)20-7)21(17,18)16-12-15-14-11(19-12)9-4-3-5-13-9/h6,9,13H,3-5H2,1-2H3,(H,15,16). The molecule has 0 aromatic carbocycles. The van der Waals surface area contributed by atoms with E-state index >= 15 is 0 Å². The molecule has 1 aliphatic rings. The molecule has 1 unspecified atom stereocenters. The van der Waals surface area contributed by atoms with Gasteiger partial charge in [0.1, 0.15) is 4.90 Å². The van der Waals surface area contributed by atoms with Crippen LogP contribution < -0.4 is 10.0 Å². The van der Waals surface area contributed by atoms with Crippen LogP contribution in [0.15, 0.2) is 15.4 Å². The molecule has 0 bridgehead atoms. The van der Waals surface area contributed by atoms with Crippen LogP contribution in [0.2, 0.25) is 0 Å². The molecule has 0 amide bonds. The first-order valence-electron chi connectivity index (χ1n) is 6.62. The number of aryl methyl sites for hydroxylation is 2. The van der Waals surface area contributed by atoms with Crippen molar-refractivity contribution in [3.05, 3.63) is 21.7 Å². The number of anilines is 1. The van der Waals surface area contributed by atoms with Crippen molar-refractivity contribution >= 4 is 27.4 Å². The first-order valence-corrected chi connectivity index (χ1v) is 8.92. The number of hydrogen-bond acceptors (Lipinski definition) is 7. The van der Waals surface area contributed by atoms with Gasteiger partial charge in [0, 0.05) is 9.75 Å². The lowest BCUT2D eigenvalue weighted by Gasteiger charge is -2.04. The van der Waals surface area contributed by atoms with Gasteiger partial charge in [0.25, 0.3) is 10.0 Å². The number of rotatable bonds is 4. The molecule has 2 aromatic heterocycles. The Labute approximate surface area is 126 Å². The fourth-order valence-corrected chi connectivity index (χ4v) is 4.84. The van der Waals surface area contributed by atoms with Crippen molar-refractivity contribution in [2.45, 2.75) is 37.6 Å². The monoisotopic (exact) mass is 328 g/mol. The number of sulfonamides is 1. The summed E-state index contributed by atoms with van der Waals surface area (Å²) in [6, 6.07) is 1.56. The Bertz CT molecular complexity index is 744. The zero-order chi connectivity index (χ0) is 15.0. The van der Waals surface area contributed by atoms with E-state index in [0.29, 0.717) is 5.89 Å². The van der Waals surface area contributed by atoms with Gasteiger partial charge < -0.3 is 9.73 Å². The van der Waals surface area contributed by atoms with Gasteiger partial charge in [0.05, 0.1) is 6.04 Å². The second-order valence-corrected chi connectivity index (χ2v) is 8.09. The molecule has 3 rings (SSSR count). The van der Waals surface area contributed by atoms with Gasteiger partial charge in [-0.1, -0.05) is 5.10 Å². The maximum atomic E-state index is 12.3. The first-order chi connectivity index (χ1) is 9.95. The average molecular weight is 328 g/mol. The van der Waals surface area contributed by atoms with Crippen molar-refractivity contribution in [3.63, 3.8) is 0 Å². The van der Waals surface area contributed by atoms with Gasteiger partial charge >= 0.3 is 6.01 Å². The molecule has 0 radical (unpaired) electrons. The average Bonchev–Trinajstić information content (AvgIpc) is 3.08. The maximum absolute atomic E-state index is 12.3. The number of aromatic nitrogens is 2. The van der Waals surface area contributed by atoms with Crippen molar-refractivity contribution < 1.29 is 12.8 Å². The van der Waals surface area contributed by atoms with Crippen LogP contribution >= 0.6 is 11.3 Å². The van der Waals surface area contributed by atoms with Crippen LogP contribution in [0.25, 0.3) is 0 Å². The lowest BCUT2D eigenvalue weighted by Crippen LogP contribution is -2.13. The smallest absolute Gasteiger partial charge is 0.329 e. The Morgan fingerprint density at radius 2 is 2.24 bits per heavy atom. The van der Waals surface area contributed by atoms with Crippen molar-refractivity contribution in [1.82, 2.24) is 15.5 Å². The molecule has 1 atom stereocenters. The Kier molecular flexibility index (Phi) is 3.72. The normalized spacial score (nSPS) is 19.0. The van der Waals surface area contributed by atoms with E-state index in [1.165, 1.54) is 11.3 Å². The van der Waals surface area contributed by atoms with Crippen molar-refractivity contribution in [3.8, 4) is 0 Å². The molecule has 0 aliphatic carbocycles. The van der Waals surface area contributed by atoms with Gasteiger partial charge in [-0.05, 0) is 39.3 Å². The molecule has 1 fully saturated rings. The molecule has 0 saturated carbocycles. The minimum Gasteiger partial charge on any atom is -0.406 e. The Morgan fingerprint density at radius 3 is 2.86 bits per heavy atom. The second-order valence-electron chi connectivity index (χ2n) is 4.98. The predicted octanol–water partition coefficient (Wildman–Crippen LogP) is 1.97. The van der Waals surface area contributed by atoms with Crippen LogP contribution in [0, 0.1) is 13.8 Å². The van der Waals surface area contributed by atoms with E-state index in [9.17, 15) is 8.42 Å². The van der Waals surface area contributed by atoms with Gasteiger partial charge in [0.2, 0.25) is 5.89 Å². The quantitative estimate of drug-likeness (QED) is 0.890. The van der Waals surface area contributed by atoms with Crippen LogP contribution in [0.1, 0.15) is 34.5 Å². The fraction of sp³-hybridized carbons (Fsp3) is 0.500.